The fourth-order valence-electron chi connectivity index (χ4n) is 0.629. The second kappa shape index (κ2) is 2.51. The van der Waals surface area contributed by atoms with Gasteiger partial charge in [-0.2, -0.15) is 5.10 Å². The number of amidine groups is 1. The second-order valence-electron chi connectivity index (χ2n) is 2.15. The van der Waals surface area contributed by atoms with Crippen LogP contribution >= 0.6 is 0 Å². The first-order valence-electron chi connectivity index (χ1n) is 3.01. The third-order valence-corrected chi connectivity index (χ3v) is 1.09. The van der Waals surface area contributed by atoms with E-state index >= 15 is 0 Å². The number of hydrogen-bond donors (Lipinski definition) is 2. The number of aliphatic imine (C=N–C) groups is 1. The molecule has 4 heteroatoms. The molecule has 0 saturated heterocycles. The fraction of sp³-hybridized carbons (Fsp3) is 0.333. The molecule has 0 radical (unpaired) electrons. The third-order valence-electron chi connectivity index (χ3n) is 1.09. The van der Waals surface area contributed by atoms with Gasteiger partial charge in [0.15, 0.2) is 5.82 Å². The average molecular weight is 138 g/mol. The number of aromatic nitrogens is 2. The molecule has 0 atom stereocenters. The van der Waals surface area contributed by atoms with Gasteiger partial charge in [-0.3, -0.25) is 5.10 Å². The maximum absolute atomic E-state index is 5.35. The van der Waals surface area contributed by atoms with E-state index in [1.54, 1.807) is 13.1 Å². The number of nitrogens with zero attached hydrogens (tertiary/aromatic N) is 2. The van der Waals surface area contributed by atoms with E-state index in [2.05, 4.69) is 15.2 Å². The van der Waals surface area contributed by atoms with Crippen LogP contribution < -0.4 is 5.73 Å². The lowest BCUT2D eigenvalue weighted by atomic mass is 10.4. The van der Waals surface area contributed by atoms with Crippen molar-refractivity contribution < 1.29 is 0 Å². The summed E-state index contributed by atoms with van der Waals surface area (Å²) in [6, 6.07) is 0. The molecule has 1 rings (SSSR count). The number of nitrogens with one attached hydrogen (secondary N) is 1. The summed E-state index contributed by atoms with van der Waals surface area (Å²) in [6.45, 7) is 3.66. The van der Waals surface area contributed by atoms with Gasteiger partial charge in [-0.25, -0.2) is 4.99 Å². The Morgan fingerprint density at radius 2 is 2.50 bits per heavy atom. The van der Waals surface area contributed by atoms with Crippen LogP contribution in [0.25, 0.3) is 0 Å². The first kappa shape index (κ1) is 6.80. The molecule has 0 aliphatic heterocycles. The Morgan fingerprint density at radius 3 is 2.90 bits per heavy atom. The highest BCUT2D eigenvalue weighted by molar-refractivity contribution is 5.80. The minimum Gasteiger partial charge on any atom is -0.387 e. The van der Waals surface area contributed by atoms with Crippen LogP contribution in [0.15, 0.2) is 11.2 Å². The van der Waals surface area contributed by atoms with E-state index in [-0.39, 0.29) is 0 Å². The predicted molar refractivity (Wildman–Crippen MR) is 40.3 cm³/mol. The SMILES string of the molecule is CC(N)=Nc1[nH]ncc1C. The molecule has 0 aliphatic carbocycles. The van der Waals surface area contributed by atoms with Crippen molar-refractivity contribution in [1.29, 1.82) is 0 Å². The van der Waals surface area contributed by atoms with Gasteiger partial charge in [0, 0.05) is 5.56 Å². The van der Waals surface area contributed by atoms with E-state index < -0.39 is 0 Å². The highest BCUT2D eigenvalue weighted by Gasteiger charge is 1.95. The Balaban J connectivity index is 2.95. The molecule has 54 valence electrons. The van der Waals surface area contributed by atoms with Crippen molar-refractivity contribution >= 4 is 11.7 Å². The summed E-state index contributed by atoms with van der Waals surface area (Å²) in [5.74, 6) is 1.27. The van der Waals surface area contributed by atoms with E-state index in [1.807, 2.05) is 6.92 Å². The molecule has 1 heterocycles. The van der Waals surface area contributed by atoms with Gasteiger partial charge in [0.25, 0.3) is 0 Å². The molecule has 0 bridgehead atoms. The van der Waals surface area contributed by atoms with E-state index in [1.165, 1.54) is 0 Å². The number of H-pyrrole nitrogens is 1. The zero-order valence-electron chi connectivity index (χ0n) is 6.05. The molecule has 3 N–H and O–H groups in total. The van der Waals surface area contributed by atoms with Crippen LogP contribution in [0.3, 0.4) is 0 Å². The third kappa shape index (κ3) is 1.34. The maximum atomic E-state index is 5.35. The van der Waals surface area contributed by atoms with E-state index in [4.69, 9.17) is 5.73 Å². The number of rotatable bonds is 1. The molecule has 0 fully saturated rings. The molecule has 0 spiro atoms. The maximum Gasteiger partial charge on any atom is 0.152 e. The van der Waals surface area contributed by atoms with Gasteiger partial charge in [-0.05, 0) is 13.8 Å². The van der Waals surface area contributed by atoms with Crippen LogP contribution in [0.5, 0.6) is 0 Å². The first-order valence-corrected chi connectivity index (χ1v) is 3.01. The molecule has 0 saturated carbocycles. The van der Waals surface area contributed by atoms with Crippen molar-refractivity contribution in [3.8, 4) is 0 Å². The number of aryl methyl sites for hydroxylation is 1. The largest absolute Gasteiger partial charge is 0.387 e. The van der Waals surface area contributed by atoms with Gasteiger partial charge in [-0.15, -0.1) is 0 Å². The molecule has 1 aromatic heterocycles. The number of hydrogen-bond acceptors (Lipinski definition) is 2. The molecule has 1 aromatic rings. The van der Waals surface area contributed by atoms with E-state index in [0.717, 1.165) is 11.4 Å². The van der Waals surface area contributed by atoms with Crippen LogP contribution in [0.2, 0.25) is 0 Å². The molecule has 10 heavy (non-hydrogen) atoms. The molecular weight excluding hydrogens is 128 g/mol. The second-order valence-corrected chi connectivity index (χ2v) is 2.15. The smallest absolute Gasteiger partial charge is 0.152 e. The van der Waals surface area contributed by atoms with Gasteiger partial charge < -0.3 is 5.73 Å². The minimum atomic E-state index is 0.535. The lowest BCUT2D eigenvalue weighted by Crippen LogP contribution is -2.03. The number of nitrogens with two attached hydrogens (primary N) is 1. The predicted octanol–water partition coefficient (Wildman–Crippen LogP) is 0.727. The lowest BCUT2D eigenvalue weighted by molar-refractivity contribution is 1.08. The van der Waals surface area contributed by atoms with Gasteiger partial charge >= 0.3 is 0 Å². The summed E-state index contributed by atoms with van der Waals surface area (Å²) in [7, 11) is 0. The van der Waals surface area contributed by atoms with Crippen molar-refractivity contribution in [1.82, 2.24) is 10.2 Å². The zero-order chi connectivity index (χ0) is 7.56. The molecule has 0 unspecified atom stereocenters. The zero-order valence-corrected chi connectivity index (χ0v) is 6.05. The summed E-state index contributed by atoms with van der Waals surface area (Å²) < 4.78 is 0. The molecule has 0 aliphatic rings. The van der Waals surface area contributed by atoms with Gasteiger partial charge in [0.05, 0.1) is 12.0 Å². The quantitative estimate of drug-likeness (QED) is 0.443. The normalized spacial score (nSPS) is 12.0. The fourth-order valence-corrected chi connectivity index (χ4v) is 0.629. The minimum absolute atomic E-state index is 0.535. The van der Waals surface area contributed by atoms with Gasteiger partial charge in [0.2, 0.25) is 0 Å². The van der Waals surface area contributed by atoms with Crippen molar-refractivity contribution in [3.05, 3.63) is 11.8 Å². The number of aromatic amines is 1. The van der Waals surface area contributed by atoms with E-state index in [9.17, 15) is 0 Å². The molecule has 0 amide bonds. The Labute approximate surface area is 59.2 Å². The summed E-state index contributed by atoms with van der Waals surface area (Å²) in [4.78, 5) is 4.00. The van der Waals surface area contributed by atoms with Crippen LogP contribution in [0.1, 0.15) is 12.5 Å². The molecular formula is C6H10N4. The Kier molecular flexibility index (Phi) is 1.71. The highest BCUT2D eigenvalue weighted by atomic mass is 15.2. The Bertz CT molecular complexity index is 244. The molecule has 0 aromatic carbocycles. The Morgan fingerprint density at radius 1 is 1.80 bits per heavy atom. The van der Waals surface area contributed by atoms with Crippen LogP contribution in [-0.4, -0.2) is 16.0 Å². The molecule has 4 nitrogen and oxygen atoms in total. The van der Waals surface area contributed by atoms with Gasteiger partial charge in [-0.1, -0.05) is 0 Å². The summed E-state index contributed by atoms with van der Waals surface area (Å²) >= 11 is 0. The Hall–Kier alpha value is -1.32. The standard InChI is InChI=1S/C6H10N4/c1-4-3-8-10-6(4)9-5(2)7/h3H,1-2H3,(H3,7,8,9,10). The summed E-state index contributed by atoms with van der Waals surface area (Å²) in [5, 5.41) is 6.51. The average Bonchev–Trinajstić information content (AvgIpc) is 2.15. The monoisotopic (exact) mass is 138 g/mol. The van der Waals surface area contributed by atoms with Crippen molar-refractivity contribution in [2.75, 3.05) is 0 Å². The summed E-state index contributed by atoms with van der Waals surface area (Å²) in [5.41, 5.74) is 6.36. The van der Waals surface area contributed by atoms with Crippen LogP contribution in [0.4, 0.5) is 5.82 Å². The summed E-state index contributed by atoms with van der Waals surface area (Å²) in [6.07, 6.45) is 1.71. The van der Waals surface area contributed by atoms with Crippen molar-refractivity contribution in [2.24, 2.45) is 10.7 Å². The van der Waals surface area contributed by atoms with E-state index in [0.29, 0.717) is 5.84 Å². The van der Waals surface area contributed by atoms with Crippen molar-refractivity contribution in [2.45, 2.75) is 13.8 Å². The van der Waals surface area contributed by atoms with Gasteiger partial charge in [0.1, 0.15) is 0 Å². The first-order chi connectivity index (χ1) is 4.70. The lowest BCUT2D eigenvalue weighted by Gasteiger charge is -1.89. The highest BCUT2D eigenvalue weighted by Crippen LogP contribution is 2.11. The van der Waals surface area contributed by atoms with Crippen LogP contribution in [0, 0.1) is 6.92 Å². The van der Waals surface area contributed by atoms with Crippen LogP contribution in [-0.2, 0) is 0 Å². The topological polar surface area (TPSA) is 67.1 Å². The van der Waals surface area contributed by atoms with Crippen molar-refractivity contribution in [3.63, 3.8) is 0 Å².